The van der Waals surface area contributed by atoms with Crippen LogP contribution in [0.4, 0.5) is 0 Å². The summed E-state index contributed by atoms with van der Waals surface area (Å²) in [5, 5.41) is 10.2. The fourth-order valence-corrected chi connectivity index (χ4v) is 11.2. The van der Waals surface area contributed by atoms with Crippen LogP contribution in [0.2, 0.25) is 0 Å². The van der Waals surface area contributed by atoms with Crippen molar-refractivity contribution in [2.24, 2.45) is 17.8 Å². The maximum Gasteiger partial charge on any atom is 0.164 e. The van der Waals surface area contributed by atoms with E-state index < -0.39 is 5.41 Å². The van der Waals surface area contributed by atoms with Gasteiger partial charge >= 0.3 is 0 Å². The summed E-state index contributed by atoms with van der Waals surface area (Å²) in [5.74, 6) is 4.28. The standard InChI is InChI=1S/C52H44N4/c1-34-27-37-28-35(2)31-51(30-34,32-37)40-24-22-39(23-25-40)49-54-48(38-13-6-3-7-14-38)55-50(56-49)44-19-12-20-45-47(44)43-26-21-36(33-53)29-46(43)52(45,41-15-8-4-9-16-41)42-17-10-5-11-18-42/h3-26,29,34-35,37H,27-28,30-32H2,1-2H3/t34-,35+,37-,51?. The quantitative estimate of drug-likeness (QED) is 0.171. The highest BCUT2D eigenvalue weighted by atomic mass is 15.0. The van der Waals surface area contributed by atoms with E-state index in [2.05, 4.69) is 147 Å². The Kier molecular flexibility index (Phi) is 8.29. The van der Waals surface area contributed by atoms with E-state index in [0.717, 1.165) is 67.8 Å². The van der Waals surface area contributed by atoms with Crippen molar-refractivity contribution in [3.05, 3.63) is 185 Å². The van der Waals surface area contributed by atoms with Gasteiger partial charge in [-0.05, 0) is 106 Å². The van der Waals surface area contributed by atoms with Gasteiger partial charge in [-0.25, -0.2) is 15.0 Å². The van der Waals surface area contributed by atoms with Gasteiger partial charge in [0.1, 0.15) is 0 Å². The van der Waals surface area contributed by atoms with Gasteiger partial charge < -0.3 is 0 Å². The second-order valence-electron chi connectivity index (χ2n) is 16.8. The van der Waals surface area contributed by atoms with Crippen LogP contribution in [0.1, 0.15) is 79.3 Å². The monoisotopic (exact) mass is 724 g/mol. The summed E-state index contributed by atoms with van der Waals surface area (Å²) in [6.45, 7) is 4.90. The molecule has 0 saturated heterocycles. The number of fused-ring (bicyclic) bond motifs is 5. The third kappa shape index (κ3) is 5.52. The predicted octanol–water partition coefficient (Wildman–Crippen LogP) is 12.2. The minimum Gasteiger partial charge on any atom is -0.208 e. The number of nitriles is 1. The van der Waals surface area contributed by atoms with Crippen LogP contribution in [0, 0.1) is 29.1 Å². The zero-order valence-corrected chi connectivity index (χ0v) is 32.0. The average molecular weight is 725 g/mol. The molecule has 272 valence electrons. The normalized spacial score (nSPS) is 21.8. The summed E-state index contributed by atoms with van der Waals surface area (Å²) in [7, 11) is 0. The molecule has 2 fully saturated rings. The van der Waals surface area contributed by atoms with E-state index in [9.17, 15) is 5.26 Å². The molecule has 0 spiro atoms. The molecule has 0 amide bonds. The van der Waals surface area contributed by atoms with Gasteiger partial charge in [0.2, 0.25) is 0 Å². The first-order chi connectivity index (χ1) is 27.4. The van der Waals surface area contributed by atoms with Crippen molar-refractivity contribution >= 4 is 0 Å². The van der Waals surface area contributed by atoms with Crippen LogP contribution in [0.15, 0.2) is 152 Å². The fourth-order valence-electron chi connectivity index (χ4n) is 11.2. The van der Waals surface area contributed by atoms with Crippen molar-refractivity contribution in [3.63, 3.8) is 0 Å². The third-order valence-corrected chi connectivity index (χ3v) is 13.0. The molecule has 1 heterocycles. The molecule has 2 saturated carbocycles. The first-order valence-corrected chi connectivity index (χ1v) is 20.2. The molecule has 6 aromatic carbocycles. The van der Waals surface area contributed by atoms with Crippen molar-refractivity contribution in [1.82, 2.24) is 15.0 Å². The van der Waals surface area contributed by atoms with Gasteiger partial charge in [0.25, 0.3) is 0 Å². The molecule has 3 aliphatic rings. The number of hydrogen-bond acceptors (Lipinski definition) is 4. The Morgan fingerprint density at radius 1 is 0.518 bits per heavy atom. The molecule has 2 bridgehead atoms. The fraction of sp³-hybridized carbons (Fsp3) is 0.231. The molecule has 0 N–H and O–H groups in total. The van der Waals surface area contributed by atoms with E-state index >= 15 is 0 Å². The Morgan fingerprint density at radius 2 is 1.09 bits per heavy atom. The molecule has 0 aliphatic heterocycles. The SMILES string of the molecule is C[C@@H]1C[C@@H]2C[C@H](C)CC(c3ccc(-c4nc(-c5ccccc5)nc(-c5cccc6c5-c5ccc(C#N)cc5C6(c5ccccc5)c5ccccc5)n4)cc3)(C1)C2. The van der Waals surface area contributed by atoms with Crippen LogP contribution in [0.25, 0.3) is 45.3 Å². The van der Waals surface area contributed by atoms with Crippen molar-refractivity contribution in [2.75, 3.05) is 0 Å². The molecule has 56 heavy (non-hydrogen) atoms. The van der Waals surface area contributed by atoms with Crippen molar-refractivity contribution < 1.29 is 0 Å². The number of rotatable bonds is 6. The van der Waals surface area contributed by atoms with Crippen LogP contribution in [0.3, 0.4) is 0 Å². The molecule has 4 heteroatoms. The highest BCUT2D eigenvalue weighted by Gasteiger charge is 2.48. The summed E-state index contributed by atoms with van der Waals surface area (Å²) in [4.78, 5) is 15.7. The lowest BCUT2D eigenvalue weighted by Gasteiger charge is -2.50. The number of nitrogens with zero attached hydrogens (tertiary/aromatic N) is 4. The lowest BCUT2D eigenvalue weighted by atomic mass is 9.54. The van der Waals surface area contributed by atoms with Crippen LogP contribution in [-0.4, -0.2) is 15.0 Å². The second-order valence-corrected chi connectivity index (χ2v) is 16.8. The molecule has 7 aromatic rings. The molecule has 4 atom stereocenters. The highest BCUT2D eigenvalue weighted by molar-refractivity contribution is 5.94. The largest absolute Gasteiger partial charge is 0.208 e. The molecule has 1 aromatic heterocycles. The van der Waals surface area contributed by atoms with Gasteiger partial charge in [0, 0.05) is 16.7 Å². The second kappa shape index (κ2) is 13.5. The predicted molar refractivity (Wildman–Crippen MR) is 225 cm³/mol. The molecule has 4 nitrogen and oxygen atoms in total. The first-order valence-electron chi connectivity index (χ1n) is 20.2. The maximum absolute atomic E-state index is 10.2. The summed E-state index contributed by atoms with van der Waals surface area (Å²) < 4.78 is 0. The van der Waals surface area contributed by atoms with Crippen LogP contribution in [0.5, 0.6) is 0 Å². The van der Waals surface area contributed by atoms with Gasteiger partial charge in [-0.15, -0.1) is 0 Å². The molecular formula is C52H44N4. The van der Waals surface area contributed by atoms with Gasteiger partial charge in [0.05, 0.1) is 17.0 Å². The number of hydrogen-bond donors (Lipinski definition) is 0. The van der Waals surface area contributed by atoms with Crippen LogP contribution >= 0.6 is 0 Å². The van der Waals surface area contributed by atoms with E-state index in [0.29, 0.717) is 23.0 Å². The van der Waals surface area contributed by atoms with E-state index in [1.165, 1.54) is 37.7 Å². The Bertz CT molecular complexity index is 2550. The molecule has 3 aliphatic carbocycles. The number of benzene rings is 6. The summed E-state index contributed by atoms with van der Waals surface area (Å²) >= 11 is 0. The smallest absolute Gasteiger partial charge is 0.164 e. The summed E-state index contributed by atoms with van der Waals surface area (Å²) in [6, 6.07) is 55.9. The molecule has 0 radical (unpaired) electrons. The lowest BCUT2D eigenvalue weighted by molar-refractivity contribution is 0.0780. The zero-order chi connectivity index (χ0) is 37.9. The van der Waals surface area contributed by atoms with E-state index in [4.69, 9.17) is 15.0 Å². The van der Waals surface area contributed by atoms with Crippen molar-refractivity contribution in [3.8, 4) is 51.4 Å². The molecule has 1 unspecified atom stereocenters. The van der Waals surface area contributed by atoms with Gasteiger partial charge in [-0.2, -0.15) is 5.26 Å². The third-order valence-electron chi connectivity index (χ3n) is 13.0. The van der Waals surface area contributed by atoms with Crippen molar-refractivity contribution in [2.45, 2.75) is 56.8 Å². The number of aromatic nitrogens is 3. The van der Waals surface area contributed by atoms with Gasteiger partial charge in [-0.3, -0.25) is 0 Å². The van der Waals surface area contributed by atoms with Gasteiger partial charge in [0.15, 0.2) is 17.5 Å². The van der Waals surface area contributed by atoms with E-state index in [1.54, 1.807) is 0 Å². The van der Waals surface area contributed by atoms with E-state index in [-0.39, 0.29) is 5.41 Å². The highest BCUT2D eigenvalue weighted by Crippen LogP contribution is 2.58. The zero-order valence-electron chi connectivity index (χ0n) is 32.0. The molecule has 10 rings (SSSR count). The topological polar surface area (TPSA) is 62.5 Å². The van der Waals surface area contributed by atoms with Crippen LogP contribution in [-0.2, 0) is 10.8 Å². The summed E-state index contributed by atoms with van der Waals surface area (Å²) in [6.07, 6.45) is 6.57. The Balaban J connectivity index is 1.18. The van der Waals surface area contributed by atoms with Crippen LogP contribution < -0.4 is 0 Å². The molecular weight excluding hydrogens is 681 g/mol. The Morgan fingerprint density at radius 3 is 1.70 bits per heavy atom. The lowest BCUT2D eigenvalue weighted by Crippen LogP contribution is -2.42. The minimum atomic E-state index is -0.657. The van der Waals surface area contributed by atoms with Crippen molar-refractivity contribution in [1.29, 1.82) is 5.26 Å². The average Bonchev–Trinajstić information content (AvgIpc) is 3.54. The van der Waals surface area contributed by atoms with Gasteiger partial charge in [-0.1, -0.05) is 153 Å². The minimum absolute atomic E-state index is 0.255. The Hall–Kier alpha value is -6.18. The van der Waals surface area contributed by atoms with E-state index in [1.807, 2.05) is 24.3 Å². The summed E-state index contributed by atoms with van der Waals surface area (Å²) in [5.41, 5.74) is 11.3. The maximum atomic E-state index is 10.2. The Labute approximate surface area is 330 Å². The first kappa shape index (κ1) is 34.3.